The van der Waals surface area contributed by atoms with Crippen molar-refractivity contribution in [2.45, 2.75) is 39.3 Å². The predicted molar refractivity (Wildman–Crippen MR) is 87.5 cm³/mol. The van der Waals surface area contributed by atoms with Crippen molar-refractivity contribution in [3.8, 4) is 0 Å². The van der Waals surface area contributed by atoms with Crippen LogP contribution in [0.15, 0.2) is 12.4 Å². The SMILES string of the molecule is CC(C)n1ccnc1CNC(=O)CSCCN1CCCC1. The molecule has 2 heterocycles. The molecule has 0 aliphatic carbocycles. The van der Waals surface area contributed by atoms with Crippen LogP contribution < -0.4 is 5.32 Å². The van der Waals surface area contributed by atoms with E-state index < -0.39 is 0 Å². The number of nitrogens with zero attached hydrogens (tertiary/aromatic N) is 3. The van der Waals surface area contributed by atoms with Gasteiger partial charge < -0.3 is 14.8 Å². The van der Waals surface area contributed by atoms with Gasteiger partial charge in [0.1, 0.15) is 5.82 Å². The van der Waals surface area contributed by atoms with Gasteiger partial charge in [-0.25, -0.2) is 4.98 Å². The van der Waals surface area contributed by atoms with Gasteiger partial charge >= 0.3 is 0 Å². The van der Waals surface area contributed by atoms with E-state index in [9.17, 15) is 4.79 Å². The fraction of sp³-hybridized carbons (Fsp3) is 0.733. The summed E-state index contributed by atoms with van der Waals surface area (Å²) in [6, 6.07) is 0.370. The van der Waals surface area contributed by atoms with Crippen LogP contribution in [0.5, 0.6) is 0 Å². The van der Waals surface area contributed by atoms with Crippen LogP contribution in [-0.4, -0.2) is 51.5 Å². The Hall–Kier alpha value is -1.01. The number of thioether (sulfide) groups is 1. The third-order valence-electron chi connectivity index (χ3n) is 3.73. The van der Waals surface area contributed by atoms with Crippen LogP contribution in [0.2, 0.25) is 0 Å². The van der Waals surface area contributed by atoms with E-state index in [-0.39, 0.29) is 5.91 Å². The molecule has 1 aromatic heterocycles. The van der Waals surface area contributed by atoms with Crippen molar-refractivity contribution in [1.82, 2.24) is 19.8 Å². The summed E-state index contributed by atoms with van der Waals surface area (Å²) in [4.78, 5) is 18.6. The van der Waals surface area contributed by atoms with E-state index >= 15 is 0 Å². The normalized spacial score (nSPS) is 15.8. The number of hydrogen-bond acceptors (Lipinski definition) is 4. The number of nitrogens with one attached hydrogen (secondary N) is 1. The van der Waals surface area contributed by atoms with Crippen molar-refractivity contribution >= 4 is 17.7 Å². The molecule has 1 aliphatic rings. The highest BCUT2D eigenvalue weighted by Gasteiger charge is 2.11. The molecule has 6 heteroatoms. The first-order valence-electron chi connectivity index (χ1n) is 7.75. The van der Waals surface area contributed by atoms with Crippen LogP contribution in [0.1, 0.15) is 38.6 Å². The van der Waals surface area contributed by atoms with Crippen LogP contribution in [0, 0.1) is 0 Å². The lowest BCUT2D eigenvalue weighted by atomic mass is 10.4. The second-order valence-electron chi connectivity index (χ2n) is 5.72. The zero-order valence-electron chi connectivity index (χ0n) is 13.0. The lowest BCUT2D eigenvalue weighted by Crippen LogP contribution is -2.27. The minimum atomic E-state index is 0.0970. The van der Waals surface area contributed by atoms with Crippen LogP contribution in [0.25, 0.3) is 0 Å². The summed E-state index contributed by atoms with van der Waals surface area (Å²) in [6.07, 6.45) is 6.39. The smallest absolute Gasteiger partial charge is 0.230 e. The molecule has 1 aromatic rings. The number of carbonyl (C=O) groups excluding carboxylic acids is 1. The number of aromatic nitrogens is 2. The molecule has 0 unspecified atom stereocenters. The van der Waals surface area contributed by atoms with Gasteiger partial charge in [-0.3, -0.25) is 4.79 Å². The summed E-state index contributed by atoms with van der Waals surface area (Å²) >= 11 is 1.71. The molecule has 0 atom stereocenters. The molecule has 118 valence electrons. The van der Waals surface area contributed by atoms with E-state index in [0.717, 1.165) is 18.1 Å². The third-order valence-corrected chi connectivity index (χ3v) is 4.67. The summed E-state index contributed by atoms with van der Waals surface area (Å²) in [5.41, 5.74) is 0. The third kappa shape index (κ3) is 5.36. The van der Waals surface area contributed by atoms with Crippen molar-refractivity contribution in [3.05, 3.63) is 18.2 Å². The quantitative estimate of drug-likeness (QED) is 0.745. The second kappa shape index (κ2) is 8.44. The number of imidazole rings is 1. The predicted octanol–water partition coefficient (Wildman–Crippen LogP) is 1.91. The van der Waals surface area contributed by atoms with Crippen LogP contribution in [0.4, 0.5) is 0 Å². The summed E-state index contributed by atoms with van der Waals surface area (Å²) in [7, 11) is 0. The first-order chi connectivity index (χ1) is 10.2. The highest BCUT2D eigenvalue weighted by Crippen LogP contribution is 2.10. The Morgan fingerprint density at radius 1 is 1.43 bits per heavy atom. The Bertz CT molecular complexity index is 441. The minimum Gasteiger partial charge on any atom is -0.348 e. The fourth-order valence-corrected chi connectivity index (χ4v) is 3.36. The fourth-order valence-electron chi connectivity index (χ4n) is 2.54. The molecule has 1 aliphatic heterocycles. The monoisotopic (exact) mass is 310 g/mol. The van der Waals surface area contributed by atoms with Gasteiger partial charge in [-0.15, -0.1) is 0 Å². The number of likely N-dealkylation sites (tertiary alicyclic amines) is 1. The molecule has 5 nitrogen and oxygen atoms in total. The number of rotatable bonds is 8. The van der Waals surface area contributed by atoms with Gasteiger partial charge in [0.25, 0.3) is 0 Å². The molecule has 0 saturated carbocycles. The molecule has 0 radical (unpaired) electrons. The van der Waals surface area contributed by atoms with Crippen molar-refractivity contribution in [1.29, 1.82) is 0 Å². The Labute approximate surface area is 131 Å². The summed E-state index contributed by atoms with van der Waals surface area (Å²) < 4.78 is 2.08. The largest absolute Gasteiger partial charge is 0.348 e. The van der Waals surface area contributed by atoms with Crippen molar-refractivity contribution < 1.29 is 4.79 Å². The lowest BCUT2D eigenvalue weighted by molar-refractivity contribution is -0.118. The Kier molecular flexibility index (Phi) is 6.57. The van der Waals surface area contributed by atoms with Crippen molar-refractivity contribution in [3.63, 3.8) is 0 Å². The van der Waals surface area contributed by atoms with Gasteiger partial charge in [-0.05, 0) is 39.8 Å². The second-order valence-corrected chi connectivity index (χ2v) is 6.83. The minimum absolute atomic E-state index is 0.0970. The molecule has 0 aromatic carbocycles. The van der Waals surface area contributed by atoms with E-state index in [1.807, 2.05) is 6.20 Å². The van der Waals surface area contributed by atoms with Crippen LogP contribution >= 0.6 is 11.8 Å². The zero-order valence-corrected chi connectivity index (χ0v) is 13.9. The molecule has 1 saturated heterocycles. The van der Waals surface area contributed by atoms with Gasteiger partial charge in [0.15, 0.2) is 0 Å². The number of carbonyl (C=O) groups is 1. The summed E-state index contributed by atoms with van der Waals surface area (Å²) in [5.74, 6) is 2.59. The van der Waals surface area contributed by atoms with Gasteiger partial charge in [0.05, 0.1) is 12.3 Å². The first kappa shape index (κ1) is 16.4. The highest BCUT2D eigenvalue weighted by molar-refractivity contribution is 7.99. The van der Waals surface area contributed by atoms with Crippen LogP contribution in [-0.2, 0) is 11.3 Å². The average Bonchev–Trinajstić information content (AvgIpc) is 3.12. The maximum Gasteiger partial charge on any atom is 0.230 e. The molecule has 1 N–H and O–H groups in total. The maximum atomic E-state index is 11.8. The first-order valence-corrected chi connectivity index (χ1v) is 8.91. The number of amides is 1. The van der Waals surface area contributed by atoms with Gasteiger partial charge in [-0.2, -0.15) is 11.8 Å². The Balaban J connectivity index is 1.59. The van der Waals surface area contributed by atoms with Crippen molar-refractivity contribution in [2.24, 2.45) is 0 Å². The van der Waals surface area contributed by atoms with Gasteiger partial charge in [-0.1, -0.05) is 0 Å². The maximum absolute atomic E-state index is 11.8. The van der Waals surface area contributed by atoms with E-state index in [1.54, 1.807) is 18.0 Å². The molecule has 1 fully saturated rings. The summed E-state index contributed by atoms with van der Waals surface area (Å²) in [5, 5.41) is 2.95. The van der Waals surface area contributed by atoms with Gasteiger partial charge in [0.2, 0.25) is 5.91 Å². The van der Waals surface area contributed by atoms with Gasteiger partial charge in [0, 0.05) is 30.7 Å². The Morgan fingerprint density at radius 2 is 2.19 bits per heavy atom. The standard InChI is InChI=1S/C15H26N4OS/c1-13(2)19-8-5-16-14(19)11-17-15(20)12-21-10-9-18-6-3-4-7-18/h5,8,13H,3-4,6-7,9-12H2,1-2H3,(H,17,20). The molecular formula is C15H26N4OS. The highest BCUT2D eigenvalue weighted by atomic mass is 32.2. The van der Waals surface area contributed by atoms with E-state index in [4.69, 9.17) is 0 Å². The molecule has 0 bridgehead atoms. The summed E-state index contributed by atoms with van der Waals surface area (Å²) in [6.45, 7) is 8.30. The number of hydrogen-bond donors (Lipinski definition) is 1. The van der Waals surface area contributed by atoms with E-state index in [1.165, 1.54) is 25.9 Å². The van der Waals surface area contributed by atoms with E-state index in [0.29, 0.717) is 18.3 Å². The van der Waals surface area contributed by atoms with Crippen LogP contribution in [0.3, 0.4) is 0 Å². The molecule has 1 amide bonds. The van der Waals surface area contributed by atoms with E-state index in [2.05, 4.69) is 33.6 Å². The molecular weight excluding hydrogens is 284 g/mol. The zero-order chi connectivity index (χ0) is 15.1. The average molecular weight is 310 g/mol. The molecule has 0 spiro atoms. The molecule has 21 heavy (non-hydrogen) atoms. The van der Waals surface area contributed by atoms with Crippen molar-refractivity contribution in [2.75, 3.05) is 31.1 Å². The topological polar surface area (TPSA) is 50.2 Å². The Morgan fingerprint density at radius 3 is 2.90 bits per heavy atom. The lowest BCUT2D eigenvalue weighted by Gasteiger charge is -2.14. The molecule has 2 rings (SSSR count).